The molecular weight excluding hydrogens is 333 g/mol. The molecule has 0 bridgehead atoms. The summed E-state index contributed by atoms with van der Waals surface area (Å²) >= 11 is 0. The van der Waals surface area contributed by atoms with Gasteiger partial charge in [-0.05, 0) is 48.5 Å². The van der Waals surface area contributed by atoms with E-state index in [1.54, 1.807) is 45.9 Å². The van der Waals surface area contributed by atoms with Gasteiger partial charge >= 0.3 is 0 Å². The van der Waals surface area contributed by atoms with E-state index in [1.807, 2.05) is 24.5 Å². The minimum absolute atomic E-state index is 0.298. The number of hydrogen-bond donors (Lipinski definition) is 1. The fourth-order valence-electron chi connectivity index (χ4n) is 2.63. The zero-order chi connectivity index (χ0) is 17.9. The molecule has 3 heterocycles. The quantitative estimate of drug-likeness (QED) is 0.615. The molecular formula is C19H14FN5O. The Morgan fingerprint density at radius 1 is 1.00 bits per heavy atom. The van der Waals surface area contributed by atoms with Crippen molar-refractivity contribution in [3.8, 4) is 11.5 Å². The fourth-order valence-corrected chi connectivity index (χ4v) is 2.63. The van der Waals surface area contributed by atoms with Gasteiger partial charge in [-0.25, -0.2) is 9.07 Å². The highest BCUT2D eigenvalue weighted by Gasteiger charge is 2.20. The number of benzene rings is 1. The van der Waals surface area contributed by atoms with Gasteiger partial charge in [-0.15, -0.1) is 0 Å². The summed E-state index contributed by atoms with van der Waals surface area (Å²) in [5.41, 5.74) is 1.68. The third-order valence-corrected chi connectivity index (χ3v) is 3.85. The Balaban J connectivity index is 1.78. The monoisotopic (exact) mass is 347 g/mol. The summed E-state index contributed by atoms with van der Waals surface area (Å²) in [4.78, 5) is 16.7. The summed E-state index contributed by atoms with van der Waals surface area (Å²) in [6, 6.07) is 13.1. The van der Waals surface area contributed by atoms with E-state index < -0.39 is 0 Å². The normalized spacial score (nSPS) is 10.7. The molecule has 6 nitrogen and oxygen atoms in total. The van der Waals surface area contributed by atoms with Crippen molar-refractivity contribution in [2.45, 2.75) is 0 Å². The van der Waals surface area contributed by atoms with Crippen LogP contribution in [0.3, 0.4) is 0 Å². The van der Waals surface area contributed by atoms with Gasteiger partial charge in [0.1, 0.15) is 11.4 Å². The predicted octanol–water partition coefficient (Wildman–Crippen LogP) is 3.45. The van der Waals surface area contributed by atoms with Crippen molar-refractivity contribution in [1.29, 1.82) is 0 Å². The van der Waals surface area contributed by atoms with Crippen LogP contribution in [0.25, 0.3) is 11.5 Å². The average Bonchev–Trinajstić information content (AvgIpc) is 3.32. The topological polar surface area (TPSA) is 64.7 Å². The lowest BCUT2D eigenvalue weighted by Crippen LogP contribution is -2.15. The molecule has 0 unspecified atom stereocenters. The molecule has 4 aromatic rings. The number of nitrogens with one attached hydrogen (secondary N) is 1. The van der Waals surface area contributed by atoms with E-state index in [0.29, 0.717) is 22.8 Å². The molecule has 0 spiro atoms. The molecule has 4 rings (SSSR count). The summed E-state index contributed by atoms with van der Waals surface area (Å²) in [5.74, 6) is -0.0690. The highest BCUT2D eigenvalue weighted by molar-refractivity contribution is 6.06. The Labute approximate surface area is 148 Å². The number of halogens is 1. The van der Waals surface area contributed by atoms with Crippen LogP contribution >= 0.6 is 0 Å². The van der Waals surface area contributed by atoms with E-state index in [9.17, 15) is 9.18 Å². The molecule has 1 N–H and O–H groups in total. The Morgan fingerprint density at radius 2 is 1.69 bits per heavy atom. The number of hydrogen-bond acceptors (Lipinski definition) is 3. The van der Waals surface area contributed by atoms with E-state index in [2.05, 4.69) is 15.4 Å². The fraction of sp³-hybridized carbons (Fsp3) is 0. The smallest absolute Gasteiger partial charge is 0.261 e. The van der Waals surface area contributed by atoms with Gasteiger partial charge in [0.05, 0.1) is 11.9 Å². The van der Waals surface area contributed by atoms with E-state index in [0.717, 1.165) is 0 Å². The number of carbonyl (C=O) groups excluding carboxylic acids is 1. The van der Waals surface area contributed by atoms with Crippen LogP contribution in [-0.2, 0) is 0 Å². The SMILES string of the molecule is O=C(Nc1ccncc1)c1cnn(-c2ccc(F)cc2)c1-n1cccc1. The van der Waals surface area contributed by atoms with Crippen molar-refractivity contribution < 1.29 is 9.18 Å². The lowest BCUT2D eigenvalue weighted by molar-refractivity contribution is 0.102. The van der Waals surface area contributed by atoms with Gasteiger partial charge in [-0.2, -0.15) is 5.10 Å². The first kappa shape index (κ1) is 15.8. The highest BCUT2D eigenvalue weighted by atomic mass is 19.1. The second kappa shape index (κ2) is 6.64. The molecule has 26 heavy (non-hydrogen) atoms. The van der Waals surface area contributed by atoms with Crippen molar-refractivity contribution in [1.82, 2.24) is 19.3 Å². The molecule has 0 saturated heterocycles. The van der Waals surface area contributed by atoms with Crippen LogP contribution < -0.4 is 5.32 Å². The molecule has 0 atom stereocenters. The second-order valence-electron chi connectivity index (χ2n) is 5.55. The van der Waals surface area contributed by atoms with Crippen molar-refractivity contribution in [3.63, 3.8) is 0 Å². The molecule has 0 fully saturated rings. The lowest BCUT2D eigenvalue weighted by Gasteiger charge is -2.11. The van der Waals surface area contributed by atoms with Gasteiger partial charge < -0.3 is 9.88 Å². The number of carbonyl (C=O) groups is 1. The zero-order valence-corrected chi connectivity index (χ0v) is 13.6. The summed E-state index contributed by atoms with van der Waals surface area (Å²) in [6.07, 6.45) is 8.34. The summed E-state index contributed by atoms with van der Waals surface area (Å²) in [5, 5.41) is 7.16. The van der Waals surface area contributed by atoms with E-state index in [4.69, 9.17) is 0 Å². The van der Waals surface area contributed by atoms with Gasteiger partial charge in [-0.1, -0.05) is 0 Å². The summed E-state index contributed by atoms with van der Waals surface area (Å²) in [6.45, 7) is 0. The molecule has 7 heteroatoms. The maximum atomic E-state index is 13.2. The molecule has 0 radical (unpaired) electrons. The van der Waals surface area contributed by atoms with Crippen molar-refractivity contribution >= 4 is 11.6 Å². The maximum absolute atomic E-state index is 13.2. The molecule has 0 saturated carbocycles. The molecule has 0 aliphatic rings. The molecule has 3 aromatic heterocycles. The summed E-state index contributed by atoms with van der Waals surface area (Å²) < 4.78 is 16.6. The lowest BCUT2D eigenvalue weighted by atomic mass is 10.2. The Hall–Kier alpha value is -3.74. The minimum Gasteiger partial charge on any atom is -0.322 e. The average molecular weight is 347 g/mol. The van der Waals surface area contributed by atoms with Gasteiger partial charge in [0, 0.05) is 30.5 Å². The number of pyridine rings is 1. The van der Waals surface area contributed by atoms with Crippen molar-refractivity contribution in [2.24, 2.45) is 0 Å². The molecule has 1 aromatic carbocycles. The van der Waals surface area contributed by atoms with Crippen LogP contribution in [0.4, 0.5) is 10.1 Å². The number of nitrogens with zero attached hydrogens (tertiary/aromatic N) is 4. The van der Waals surface area contributed by atoms with Gasteiger partial charge in [0.25, 0.3) is 5.91 Å². The van der Waals surface area contributed by atoms with Crippen LogP contribution in [0.5, 0.6) is 0 Å². The number of anilines is 1. The number of rotatable bonds is 4. The standard InChI is InChI=1S/C19H14FN5O/c20-14-3-5-16(6-4-14)25-19(24-11-1-2-12-24)17(13-22-25)18(26)23-15-7-9-21-10-8-15/h1-13H,(H,21,23,26). The largest absolute Gasteiger partial charge is 0.322 e. The van der Waals surface area contributed by atoms with Crippen LogP contribution in [0.1, 0.15) is 10.4 Å². The Bertz CT molecular complexity index is 1020. The van der Waals surface area contributed by atoms with E-state index in [1.165, 1.54) is 18.3 Å². The van der Waals surface area contributed by atoms with Gasteiger partial charge in [-0.3, -0.25) is 9.78 Å². The minimum atomic E-state index is -0.334. The van der Waals surface area contributed by atoms with E-state index >= 15 is 0 Å². The van der Waals surface area contributed by atoms with Crippen LogP contribution in [0.2, 0.25) is 0 Å². The van der Waals surface area contributed by atoms with Crippen LogP contribution in [0, 0.1) is 5.82 Å². The first-order valence-electron chi connectivity index (χ1n) is 7.91. The third kappa shape index (κ3) is 2.98. The molecule has 128 valence electrons. The van der Waals surface area contributed by atoms with E-state index in [-0.39, 0.29) is 11.7 Å². The first-order valence-corrected chi connectivity index (χ1v) is 7.91. The van der Waals surface area contributed by atoms with Gasteiger partial charge in [0.2, 0.25) is 0 Å². The van der Waals surface area contributed by atoms with Crippen LogP contribution in [0.15, 0.2) is 79.5 Å². The van der Waals surface area contributed by atoms with Crippen molar-refractivity contribution in [3.05, 3.63) is 90.9 Å². The summed E-state index contributed by atoms with van der Waals surface area (Å²) in [7, 11) is 0. The number of amides is 1. The predicted molar refractivity (Wildman–Crippen MR) is 95.0 cm³/mol. The second-order valence-corrected chi connectivity index (χ2v) is 5.55. The molecule has 0 aliphatic heterocycles. The van der Waals surface area contributed by atoms with Crippen molar-refractivity contribution in [2.75, 3.05) is 5.32 Å². The van der Waals surface area contributed by atoms with Gasteiger partial charge in [0.15, 0.2) is 5.82 Å². The maximum Gasteiger partial charge on any atom is 0.261 e. The molecule has 0 aliphatic carbocycles. The highest BCUT2D eigenvalue weighted by Crippen LogP contribution is 2.21. The zero-order valence-electron chi connectivity index (χ0n) is 13.6. The third-order valence-electron chi connectivity index (χ3n) is 3.85. The Morgan fingerprint density at radius 3 is 2.38 bits per heavy atom. The Kier molecular flexibility index (Phi) is 4.03. The van der Waals surface area contributed by atoms with Crippen LogP contribution in [-0.4, -0.2) is 25.2 Å². The molecule has 1 amide bonds. The number of aromatic nitrogens is 4. The first-order chi connectivity index (χ1) is 12.7.